The molecule has 0 radical (unpaired) electrons. The molecule has 0 aliphatic heterocycles. The number of rotatable bonds is 3. The van der Waals surface area contributed by atoms with Crippen LogP contribution >= 0.6 is 0 Å². The summed E-state index contributed by atoms with van der Waals surface area (Å²) < 4.78 is 41.7. The highest BCUT2D eigenvalue weighted by Gasteiger charge is 2.40. The number of alkyl halides is 3. The van der Waals surface area contributed by atoms with Crippen LogP contribution in [0.3, 0.4) is 0 Å². The fraction of sp³-hybridized carbons (Fsp3) is 0.238. The van der Waals surface area contributed by atoms with Crippen molar-refractivity contribution < 1.29 is 18.0 Å². The number of benzene rings is 1. The van der Waals surface area contributed by atoms with E-state index in [4.69, 9.17) is 6.42 Å². The predicted octanol–water partition coefficient (Wildman–Crippen LogP) is 4.22. The minimum atomic E-state index is -4.42. The van der Waals surface area contributed by atoms with Crippen molar-refractivity contribution in [3.05, 3.63) is 71.0 Å². The third-order valence-corrected chi connectivity index (χ3v) is 4.51. The van der Waals surface area contributed by atoms with Gasteiger partial charge >= 0.3 is 6.18 Å². The molecule has 4 nitrogen and oxygen atoms in total. The van der Waals surface area contributed by atoms with Gasteiger partial charge in [-0.25, -0.2) is 4.98 Å². The minimum Gasteiger partial charge on any atom is -0.322 e. The van der Waals surface area contributed by atoms with Crippen LogP contribution < -0.4 is 5.32 Å². The van der Waals surface area contributed by atoms with E-state index >= 15 is 0 Å². The molecule has 144 valence electrons. The Morgan fingerprint density at radius 2 is 2.11 bits per heavy atom. The van der Waals surface area contributed by atoms with Crippen LogP contribution in [0.25, 0.3) is 5.70 Å². The first kappa shape index (κ1) is 19.5. The lowest BCUT2D eigenvalue weighted by Crippen LogP contribution is -2.29. The van der Waals surface area contributed by atoms with Crippen molar-refractivity contribution in [3.8, 4) is 12.3 Å². The highest BCUT2D eigenvalue weighted by Crippen LogP contribution is 2.37. The monoisotopic (exact) mass is 385 g/mol. The lowest BCUT2D eigenvalue weighted by atomic mass is 9.95. The standard InChI is InChI=1S/C21H18F3N3O/c1-4-15-7-16(6-5-13(15)2)20(28)26-18-8-17(21(22,23)24)9-19(10-18)27-11-14(3)25-12-27/h1,5-8,10-12,17H,9H2,2-3H3,(H,26,28). The Morgan fingerprint density at radius 3 is 2.71 bits per heavy atom. The van der Waals surface area contributed by atoms with Crippen LogP contribution in [0.4, 0.5) is 13.2 Å². The number of imidazole rings is 1. The van der Waals surface area contributed by atoms with Gasteiger partial charge in [0.2, 0.25) is 0 Å². The zero-order chi connectivity index (χ0) is 20.5. The van der Waals surface area contributed by atoms with E-state index in [1.165, 1.54) is 17.0 Å². The number of halogens is 3. The minimum absolute atomic E-state index is 0.0859. The molecule has 0 spiro atoms. The van der Waals surface area contributed by atoms with Gasteiger partial charge in [0.1, 0.15) is 0 Å². The Morgan fingerprint density at radius 1 is 1.36 bits per heavy atom. The Kier molecular flexibility index (Phi) is 5.14. The van der Waals surface area contributed by atoms with E-state index < -0.39 is 18.0 Å². The Bertz CT molecular complexity index is 1020. The molecule has 1 aliphatic carbocycles. The third-order valence-electron chi connectivity index (χ3n) is 4.51. The number of allylic oxidation sites excluding steroid dienone is 3. The highest BCUT2D eigenvalue weighted by molar-refractivity contribution is 5.96. The maximum absolute atomic E-state index is 13.4. The van der Waals surface area contributed by atoms with E-state index in [1.807, 2.05) is 6.92 Å². The van der Waals surface area contributed by atoms with Crippen molar-refractivity contribution in [3.63, 3.8) is 0 Å². The van der Waals surface area contributed by atoms with E-state index in [9.17, 15) is 18.0 Å². The van der Waals surface area contributed by atoms with Gasteiger partial charge in [-0.2, -0.15) is 13.2 Å². The lowest BCUT2D eigenvalue weighted by molar-refractivity contribution is -0.160. The second-order valence-corrected chi connectivity index (χ2v) is 6.66. The van der Waals surface area contributed by atoms with Gasteiger partial charge in [0.25, 0.3) is 5.91 Å². The summed E-state index contributed by atoms with van der Waals surface area (Å²) in [5, 5.41) is 2.56. The SMILES string of the molecule is C#Cc1cc(C(=O)NC2=CC(C(F)(F)F)CC(n3cnc(C)c3)=C2)ccc1C. The average molecular weight is 385 g/mol. The number of aryl methyl sites for hydroxylation is 2. The molecule has 0 bridgehead atoms. The molecule has 1 atom stereocenters. The maximum Gasteiger partial charge on any atom is 0.395 e. The van der Waals surface area contributed by atoms with E-state index in [1.54, 1.807) is 31.3 Å². The average Bonchev–Trinajstić information content (AvgIpc) is 3.07. The molecule has 7 heteroatoms. The molecule has 0 fully saturated rings. The van der Waals surface area contributed by atoms with Crippen LogP contribution in [0.15, 0.2) is 48.6 Å². The predicted molar refractivity (Wildman–Crippen MR) is 100 cm³/mol. The number of nitrogens with one attached hydrogen (secondary N) is 1. The Balaban J connectivity index is 1.91. The zero-order valence-electron chi connectivity index (χ0n) is 15.3. The molecule has 1 amide bonds. The van der Waals surface area contributed by atoms with Crippen LogP contribution in [0.2, 0.25) is 0 Å². The Labute approximate surface area is 160 Å². The van der Waals surface area contributed by atoms with Crippen LogP contribution in [-0.2, 0) is 0 Å². The van der Waals surface area contributed by atoms with Gasteiger partial charge in [-0.05, 0) is 43.7 Å². The van der Waals surface area contributed by atoms with Crippen molar-refractivity contribution in [1.29, 1.82) is 0 Å². The van der Waals surface area contributed by atoms with E-state index in [0.29, 0.717) is 17.0 Å². The third kappa shape index (κ3) is 4.17. The number of nitrogens with zero attached hydrogens (tertiary/aromatic N) is 2. The molecule has 28 heavy (non-hydrogen) atoms. The summed E-state index contributed by atoms with van der Waals surface area (Å²) in [6.07, 6.45) is 6.42. The smallest absolute Gasteiger partial charge is 0.322 e. The molecule has 1 aromatic heterocycles. The number of carbonyl (C=O) groups excluding carboxylic acids is 1. The first-order chi connectivity index (χ1) is 13.2. The van der Waals surface area contributed by atoms with Crippen molar-refractivity contribution >= 4 is 11.6 Å². The van der Waals surface area contributed by atoms with Gasteiger partial charge < -0.3 is 9.88 Å². The van der Waals surface area contributed by atoms with Gasteiger partial charge in [0.15, 0.2) is 0 Å². The fourth-order valence-corrected chi connectivity index (χ4v) is 2.96. The van der Waals surface area contributed by atoms with E-state index in [2.05, 4.69) is 16.2 Å². The maximum atomic E-state index is 13.4. The molecule has 1 aromatic carbocycles. The number of carbonyl (C=O) groups is 1. The second-order valence-electron chi connectivity index (χ2n) is 6.66. The molecular weight excluding hydrogens is 367 g/mol. The van der Waals surface area contributed by atoms with Crippen LogP contribution in [-0.4, -0.2) is 21.6 Å². The zero-order valence-corrected chi connectivity index (χ0v) is 15.3. The summed E-state index contributed by atoms with van der Waals surface area (Å²) in [5.41, 5.74) is 2.85. The van der Waals surface area contributed by atoms with Crippen molar-refractivity contribution in [2.45, 2.75) is 26.4 Å². The summed E-state index contributed by atoms with van der Waals surface area (Å²) in [7, 11) is 0. The first-order valence-corrected chi connectivity index (χ1v) is 8.56. The number of amides is 1. The summed E-state index contributed by atoms with van der Waals surface area (Å²) in [4.78, 5) is 16.6. The quantitative estimate of drug-likeness (QED) is 0.805. The van der Waals surface area contributed by atoms with Gasteiger partial charge in [0.05, 0.1) is 17.9 Å². The first-order valence-electron chi connectivity index (χ1n) is 8.56. The van der Waals surface area contributed by atoms with Crippen molar-refractivity contribution in [1.82, 2.24) is 14.9 Å². The molecule has 3 rings (SSSR count). The molecule has 0 saturated carbocycles. The van der Waals surface area contributed by atoms with Crippen LogP contribution in [0.1, 0.15) is 33.6 Å². The van der Waals surface area contributed by atoms with Crippen LogP contribution in [0.5, 0.6) is 0 Å². The van der Waals surface area contributed by atoms with Crippen molar-refractivity contribution in [2.75, 3.05) is 0 Å². The van der Waals surface area contributed by atoms with Crippen molar-refractivity contribution in [2.24, 2.45) is 5.92 Å². The number of aromatic nitrogens is 2. The number of terminal acetylenes is 1. The summed E-state index contributed by atoms with van der Waals surface area (Å²) in [6.45, 7) is 3.57. The van der Waals surface area contributed by atoms with Crippen LogP contribution in [0, 0.1) is 32.1 Å². The summed E-state index contributed by atoms with van der Waals surface area (Å²) in [6, 6.07) is 4.83. The topological polar surface area (TPSA) is 46.9 Å². The largest absolute Gasteiger partial charge is 0.395 e. The molecule has 1 heterocycles. The van der Waals surface area contributed by atoms with Gasteiger partial charge in [-0.1, -0.05) is 12.0 Å². The number of hydrogen-bond acceptors (Lipinski definition) is 2. The summed E-state index contributed by atoms with van der Waals surface area (Å²) in [5.74, 6) is 0.257. The molecule has 1 aliphatic rings. The molecular formula is C21H18F3N3O. The molecule has 1 unspecified atom stereocenters. The van der Waals surface area contributed by atoms with E-state index in [0.717, 1.165) is 11.6 Å². The fourth-order valence-electron chi connectivity index (χ4n) is 2.96. The Hall–Kier alpha value is -3.27. The normalized spacial score (nSPS) is 16.8. The van der Waals surface area contributed by atoms with Gasteiger partial charge in [-0.3, -0.25) is 4.79 Å². The molecule has 0 saturated heterocycles. The molecule has 2 aromatic rings. The number of hydrogen-bond donors (Lipinski definition) is 1. The van der Waals surface area contributed by atoms with E-state index in [-0.39, 0.29) is 17.7 Å². The molecule has 1 N–H and O–H groups in total. The van der Waals surface area contributed by atoms with Gasteiger partial charge in [-0.15, -0.1) is 6.42 Å². The highest BCUT2D eigenvalue weighted by atomic mass is 19.4. The lowest BCUT2D eigenvalue weighted by Gasteiger charge is -2.24. The summed E-state index contributed by atoms with van der Waals surface area (Å²) >= 11 is 0. The second kappa shape index (κ2) is 7.39. The van der Waals surface area contributed by atoms with Gasteiger partial charge in [0, 0.05) is 35.1 Å².